The Morgan fingerprint density at radius 1 is 0.474 bits per heavy atom. The van der Waals surface area contributed by atoms with E-state index in [1.165, 1.54) is 0 Å². The molecule has 0 spiro atoms. The largest absolute Gasteiger partial charge is 0.415 e. The Labute approximate surface area is 124 Å². The first-order valence-corrected chi connectivity index (χ1v) is 15.5. The second-order valence-electron chi connectivity index (χ2n) is 4.81. The summed E-state index contributed by atoms with van der Waals surface area (Å²) in [5.74, 6) is 0. The summed E-state index contributed by atoms with van der Waals surface area (Å²) in [6, 6.07) is 0. The van der Waals surface area contributed by atoms with Crippen LogP contribution >= 0.6 is 0 Å². The molecule has 0 aliphatic rings. The topological polar surface area (TPSA) is 36.9 Å². The Morgan fingerprint density at radius 3 is 0.842 bits per heavy atom. The van der Waals surface area contributed by atoms with Gasteiger partial charge in [-0.1, -0.05) is 27.7 Å². The Hall–Kier alpha value is 0.491. The van der Waals surface area contributed by atoms with Crippen molar-refractivity contribution < 1.29 is 17.1 Å². The van der Waals surface area contributed by atoms with Crippen LogP contribution in [0.4, 0.5) is 0 Å². The molecule has 0 amide bonds. The summed E-state index contributed by atoms with van der Waals surface area (Å²) in [5.41, 5.74) is 0. The van der Waals surface area contributed by atoms with Crippen LogP contribution in [0.3, 0.4) is 0 Å². The Morgan fingerprint density at radius 2 is 0.684 bits per heavy atom. The molecule has 0 bridgehead atoms. The van der Waals surface area contributed by atoms with Gasteiger partial charge in [-0.2, -0.15) is 0 Å². The van der Waals surface area contributed by atoms with Crippen molar-refractivity contribution in [3.05, 3.63) is 0 Å². The Balaban J connectivity index is -0.000000579. The van der Waals surface area contributed by atoms with Gasteiger partial charge in [0.05, 0.1) is 0 Å². The SMILES string of the molecule is CC.CC.CO[Si](C)(C)O[Si](C)(C)O[Si](C)(C)OC. The van der Waals surface area contributed by atoms with Gasteiger partial charge in [0, 0.05) is 14.2 Å². The molecular weight excluding hydrogens is 292 g/mol. The van der Waals surface area contributed by atoms with Gasteiger partial charge < -0.3 is 17.1 Å². The average Bonchev–Trinajstić information content (AvgIpc) is 2.31. The van der Waals surface area contributed by atoms with Gasteiger partial charge in [-0.25, -0.2) is 0 Å². The monoisotopic (exact) mass is 328 g/mol. The highest BCUT2D eigenvalue weighted by atomic mass is 28.5. The highest BCUT2D eigenvalue weighted by Crippen LogP contribution is 2.20. The summed E-state index contributed by atoms with van der Waals surface area (Å²) in [4.78, 5) is 0. The summed E-state index contributed by atoms with van der Waals surface area (Å²) in [6.07, 6.45) is 0. The van der Waals surface area contributed by atoms with E-state index < -0.39 is 25.7 Å². The van der Waals surface area contributed by atoms with Gasteiger partial charge in [0.25, 0.3) is 0 Å². The van der Waals surface area contributed by atoms with Gasteiger partial charge in [0.1, 0.15) is 0 Å². The fourth-order valence-corrected chi connectivity index (χ4v) is 12.0. The normalized spacial score (nSPS) is 12.0. The van der Waals surface area contributed by atoms with Crippen LogP contribution in [0, 0.1) is 0 Å². The van der Waals surface area contributed by atoms with Crippen LogP contribution in [0.15, 0.2) is 0 Å². The first kappa shape index (κ1) is 24.5. The maximum absolute atomic E-state index is 6.00. The van der Waals surface area contributed by atoms with Crippen molar-refractivity contribution >= 4 is 25.7 Å². The second kappa shape index (κ2) is 11.2. The minimum absolute atomic E-state index is 1.69. The molecule has 0 N–H and O–H groups in total. The van der Waals surface area contributed by atoms with E-state index in [0.717, 1.165) is 0 Å². The minimum Gasteiger partial charge on any atom is -0.415 e. The van der Waals surface area contributed by atoms with Crippen molar-refractivity contribution in [2.75, 3.05) is 14.2 Å². The predicted molar refractivity (Wildman–Crippen MR) is 91.3 cm³/mol. The average molecular weight is 329 g/mol. The molecule has 0 aromatic carbocycles. The lowest BCUT2D eigenvalue weighted by Gasteiger charge is -2.36. The molecule has 4 nitrogen and oxygen atoms in total. The molecule has 0 rings (SSSR count). The molecule has 19 heavy (non-hydrogen) atoms. The maximum atomic E-state index is 6.00. The molecule has 0 unspecified atom stereocenters. The summed E-state index contributed by atoms with van der Waals surface area (Å²) < 4.78 is 22.7. The van der Waals surface area contributed by atoms with Crippen molar-refractivity contribution in [3.63, 3.8) is 0 Å². The summed E-state index contributed by atoms with van der Waals surface area (Å²) in [7, 11) is -2.81. The third kappa shape index (κ3) is 14.7. The third-order valence-corrected chi connectivity index (χ3v) is 11.8. The van der Waals surface area contributed by atoms with E-state index in [4.69, 9.17) is 17.1 Å². The molecular formula is C12H36O4Si3. The lowest BCUT2D eigenvalue weighted by molar-refractivity contribution is 0.248. The van der Waals surface area contributed by atoms with Gasteiger partial charge in [-0.3, -0.25) is 0 Å². The van der Waals surface area contributed by atoms with Crippen LogP contribution < -0.4 is 0 Å². The number of hydrogen-bond donors (Lipinski definition) is 0. The summed E-state index contributed by atoms with van der Waals surface area (Å²) >= 11 is 0. The van der Waals surface area contributed by atoms with Crippen LogP contribution in [0.25, 0.3) is 0 Å². The minimum atomic E-state index is -2.14. The van der Waals surface area contributed by atoms with E-state index in [9.17, 15) is 0 Å². The molecule has 0 fully saturated rings. The van der Waals surface area contributed by atoms with E-state index >= 15 is 0 Å². The first-order valence-electron chi connectivity index (χ1n) is 7.04. The molecule has 0 aliphatic carbocycles. The van der Waals surface area contributed by atoms with Crippen LogP contribution in [0.1, 0.15) is 27.7 Å². The molecule has 0 atom stereocenters. The van der Waals surface area contributed by atoms with E-state index in [-0.39, 0.29) is 0 Å². The fraction of sp³-hybridized carbons (Fsp3) is 1.00. The van der Waals surface area contributed by atoms with E-state index in [1.54, 1.807) is 14.2 Å². The molecule has 0 aliphatic heterocycles. The molecule has 0 aromatic heterocycles. The Bertz CT molecular complexity index is 189. The highest BCUT2D eigenvalue weighted by molar-refractivity contribution is 6.84. The molecule has 0 heterocycles. The van der Waals surface area contributed by atoms with Crippen LogP contribution in [-0.4, -0.2) is 39.9 Å². The standard InChI is InChI=1S/C8H24O4Si3.2C2H6/c1-9-13(3,4)11-15(7,8)12-14(5,6)10-2;2*1-2/h1-8H3;2*1-2H3. The van der Waals surface area contributed by atoms with E-state index in [0.29, 0.717) is 0 Å². The molecule has 0 radical (unpaired) electrons. The molecule has 0 saturated heterocycles. The second-order valence-corrected chi connectivity index (χ2v) is 15.7. The third-order valence-electron chi connectivity index (χ3n) is 1.97. The van der Waals surface area contributed by atoms with Crippen LogP contribution in [0.2, 0.25) is 39.3 Å². The van der Waals surface area contributed by atoms with E-state index in [1.807, 2.05) is 67.0 Å². The van der Waals surface area contributed by atoms with Gasteiger partial charge in [0.2, 0.25) is 0 Å². The predicted octanol–water partition coefficient (Wildman–Crippen LogP) is 4.47. The first-order chi connectivity index (χ1) is 8.54. The van der Waals surface area contributed by atoms with Gasteiger partial charge in [0.15, 0.2) is 0 Å². The van der Waals surface area contributed by atoms with Crippen molar-refractivity contribution in [1.82, 2.24) is 0 Å². The van der Waals surface area contributed by atoms with Crippen molar-refractivity contribution in [3.8, 4) is 0 Å². The zero-order valence-corrected chi connectivity index (χ0v) is 18.1. The zero-order chi connectivity index (χ0) is 16.3. The van der Waals surface area contributed by atoms with Crippen LogP contribution in [-0.2, 0) is 17.1 Å². The lowest BCUT2D eigenvalue weighted by atomic mass is 11.0. The van der Waals surface area contributed by atoms with Crippen molar-refractivity contribution in [2.45, 2.75) is 67.0 Å². The number of hydrogen-bond acceptors (Lipinski definition) is 4. The van der Waals surface area contributed by atoms with Crippen LogP contribution in [0.5, 0.6) is 0 Å². The number of rotatable bonds is 6. The zero-order valence-electron chi connectivity index (χ0n) is 15.1. The molecule has 120 valence electrons. The quantitative estimate of drug-likeness (QED) is 0.674. The molecule has 7 heteroatoms. The summed E-state index contributed by atoms with van der Waals surface area (Å²) in [6.45, 7) is 20.2. The summed E-state index contributed by atoms with van der Waals surface area (Å²) in [5, 5.41) is 0. The fourth-order valence-electron chi connectivity index (χ4n) is 1.29. The Kier molecular flexibility index (Phi) is 14.4. The lowest BCUT2D eigenvalue weighted by Crippen LogP contribution is -2.53. The van der Waals surface area contributed by atoms with E-state index in [2.05, 4.69) is 0 Å². The van der Waals surface area contributed by atoms with Gasteiger partial charge in [-0.05, 0) is 39.3 Å². The highest BCUT2D eigenvalue weighted by Gasteiger charge is 2.40. The van der Waals surface area contributed by atoms with Gasteiger partial charge in [-0.15, -0.1) is 0 Å². The smallest absolute Gasteiger partial charge is 0.322 e. The molecule has 0 saturated carbocycles. The van der Waals surface area contributed by atoms with Gasteiger partial charge >= 0.3 is 25.7 Å². The van der Waals surface area contributed by atoms with Crippen molar-refractivity contribution in [2.24, 2.45) is 0 Å². The maximum Gasteiger partial charge on any atom is 0.322 e. The molecule has 0 aromatic rings. The van der Waals surface area contributed by atoms with Crippen molar-refractivity contribution in [1.29, 1.82) is 0 Å².